The van der Waals surface area contributed by atoms with E-state index in [0.717, 1.165) is 24.5 Å². The minimum absolute atomic E-state index is 0.287. The van der Waals surface area contributed by atoms with Crippen LogP contribution in [0.3, 0.4) is 0 Å². The van der Waals surface area contributed by atoms with Crippen LogP contribution >= 0.6 is 0 Å². The molecule has 108 valence electrons. The van der Waals surface area contributed by atoms with E-state index in [1.165, 1.54) is 19.3 Å². The number of aromatic amines is 1. The summed E-state index contributed by atoms with van der Waals surface area (Å²) in [6, 6.07) is 10.2. The van der Waals surface area contributed by atoms with Gasteiger partial charge >= 0.3 is 0 Å². The molecule has 1 aromatic heterocycles. The van der Waals surface area contributed by atoms with Crippen molar-refractivity contribution in [2.24, 2.45) is 0 Å². The maximum atomic E-state index is 9.14. The largest absolute Gasteiger partial charge is 0.383 e. The molecule has 0 spiro atoms. The van der Waals surface area contributed by atoms with Crippen molar-refractivity contribution in [1.82, 2.24) is 10.2 Å². The Balaban J connectivity index is 1.90. The average Bonchev–Trinajstić information content (AvgIpc) is 2.88. The molecule has 6 heteroatoms. The fourth-order valence-corrected chi connectivity index (χ4v) is 2.68. The molecule has 2 aromatic rings. The van der Waals surface area contributed by atoms with Crippen LogP contribution in [0.25, 0.3) is 0 Å². The molecule has 0 radical (unpaired) electrons. The van der Waals surface area contributed by atoms with Crippen LogP contribution in [0.2, 0.25) is 0 Å². The normalized spacial score (nSPS) is 14.7. The predicted molar refractivity (Wildman–Crippen MR) is 83.5 cm³/mol. The smallest absolute Gasteiger partial charge is 0.172 e. The number of nitriles is 1. The molecule has 2 heterocycles. The van der Waals surface area contributed by atoms with Crippen molar-refractivity contribution >= 4 is 23.0 Å². The lowest BCUT2D eigenvalue weighted by molar-refractivity contribution is 0.578. The maximum Gasteiger partial charge on any atom is 0.172 e. The third-order valence-electron chi connectivity index (χ3n) is 3.76. The first-order chi connectivity index (χ1) is 10.3. The van der Waals surface area contributed by atoms with Crippen molar-refractivity contribution in [2.45, 2.75) is 19.3 Å². The Morgan fingerprint density at radius 3 is 2.76 bits per heavy atom. The molecule has 0 aliphatic carbocycles. The molecule has 3 rings (SSSR count). The number of benzene rings is 1. The quantitative estimate of drug-likeness (QED) is 0.804. The minimum Gasteiger partial charge on any atom is -0.383 e. The first kappa shape index (κ1) is 13.3. The van der Waals surface area contributed by atoms with Gasteiger partial charge in [-0.3, -0.25) is 5.10 Å². The van der Waals surface area contributed by atoms with Crippen LogP contribution in [-0.4, -0.2) is 23.3 Å². The Kier molecular flexibility index (Phi) is 3.65. The van der Waals surface area contributed by atoms with E-state index in [0.29, 0.717) is 11.4 Å². The first-order valence-electron chi connectivity index (χ1n) is 7.14. The van der Waals surface area contributed by atoms with Gasteiger partial charge in [0.15, 0.2) is 5.82 Å². The maximum absolute atomic E-state index is 9.14. The molecule has 1 fully saturated rings. The van der Waals surface area contributed by atoms with Gasteiger partial charge in [-0.2, -0.15) is 10.4 Å². The van der Waals surface area contributed by atoms with Crippen LogP contribution in [0, 0.1) is 11.3 Å². The fourth-order valence-electron chi connectivity index (χ4n) is 2.68. The van der Waals surface area contributed by atoms with Crippen LogP contribution in [0.15, 0.2) is 24.3 Å². The van der Waals surface area contributed by atoms with Crippen molar-refractivity contribution in [3.05, 3.63) is 29.8 Å². The molecule has 0 bridgehead atoms. The number of H-pyrrole nitrogens is 1. The molecule has 1 aliphatic heterocycles. The number of para-hydroxylation sites is 2. The molecular formula is C15H18N6. The number of nitrogens with two attached hydrogens (primary N) is 1. The summed E-state index contributed by atoms with van der Waals surface area (Å²) in [5.41, 5.74) is 8.13. The van der Waals surface area contributed by atoms with Crippen molar-refractivity contribution < 1.29 is 0 Å². The lowest BCUT2D eigenvalue weighted by Crippen LogP contribution is -2.29. The van der Waals surface area contributed by atoms with E-state index in [9.17, 15) is 0 Å². The fraction of sp³-hybridized carbons (Fsp3) is 0.333. The highest BCUT2D eigenvalue weighted by molar-refractivity contribution is 5.77. The van der Waals surface area contributed by atoms with Gasteiger partial charge in [-0.1, -0.05) is 12.1 Å². The lowest BCUT2D eigenvalue weighted by atomic mass is 10.1. The lowest BCUT2D eigenvalue weighted by Gasteiger charge is -2.30. The van der Waals surface area contributed by atoms with Gasteiger partial charge < -0.3 is 16.0 Å². The summed E-state index contributed by atoms with van der Waals surface area (Å²) in [5.74, 6) is 0.759. The molecule has 21 heavy (non-hydrogen) atoms. The van der Waals surface area contributed by atoms with Crippen LogP contribution in [-0.2, 0) is 0 Å². The van der Waals surface area contributed by atoms with Crippen LogP contribution in [0.5, 0.6) is 0 Å². The van der Waals surface area contributed by atoms with E-state index in [-0.39, 0.29) is 5.82 Å². The van der Waals surface area contributed by atoms with E-state index in [1.54, 1.807) is 0 Å². The van der Waals surface area contributed by atoms with E-state index in [4.69, 9.17) is 11.0 Å². The number of nitrogens with zero attached hydrogens (tertiary/aromatic N) is 3. The summed E-state index contributed by atoms with van der Waals surface area (Å²) in [4.78, 5) is 2.37. The zero-order valence-electron chi connectivity index (χ0n) is 11.8. The molecule has 1 aromatic carbocycles. The van der Waals surface area contributed by atoms with E-state index >= 15 is 0 Å². The summed E-state index contributed by atoms with van der Waals surface area (Å²) in [6.07, 6.45) is 3.72. The third kappa shape index (κ3) is 2.63. The Morgan fingerprint density at radius 1 is 1.24 bits per heavy atom. The van der Waals surface area contributed by atoms with Gasteiger partial charge in [-0.05, 0) is 31.4 Å². The number of rotatable bonds is 3. The molecule has 0 saturated carbocycles. The second-order valence-corrected chi connectivity index (χ2v) is 5.16. The second kappa shape index (κ2) is 5.75. The summed E-state index contributed by atoms with van der Waals surface area (Å²) < 4.78 is 0. The highest BCUT2D eigenvalue weighted by Crippen LogP contribution is 2.31. The highest BCUT2D eigenvalue weighted by atomic mass is 15.2. The molecule has 6 nitrogen and oxygen atoms in total. The summed E-state index contributed by atoms with van der Waals surface area (Å²) >= 11 is 0. The van der Waals surface area contributed by atoms with Crippen LogP contribution in [0.1, 0.15) is 24.8 Å². The molecule has 0 amide bonds. The molecule has 0 unspecified atom stereocenters. The summed E-state index contributed by atoms with van der Waals surface area (Å²) in [5, 5.41) is 19.1. The molecule has 0 atom stereocenters. The third-order valence-corrected chi connectivity index (χ3v) is 3.76. The van der Waals surface area contributed by atoms with Crippen molar-refractivity contribution in [1.29, 1.82) is 5.26 Å². The number of nitrogens with one attached hydrogen (secondary N) is 2. The van der Waals surface area contributed by atoms with Gasteiger partial charge in [0.2, 0.25) is 0 Å². The van der Waals surface area contributed by atoms with Gasteiger partial charge in [0.05, 0.1) is 11.4 Å². The van der Waals surface area contributed by atoms with E-state index in [1.807, 2.05) is 18.2 Å². The first-order valence-corrected chi connectivity index (χ1v) is 7.14. The average molecular weight is 282 g/mol. The van der Waals surface area contributed by atoms with Gasteiger partial charge in [0, 0.05) is 13.1 Å². The molecule has 4 N–H and O–H groups in total. The number of anilines is 4. The number of aromatic nitrogens is 2. The Morgan fingerprint density at radius 2 is 2.00 bits per heavy atom. The van der Waals surface area contributed by atoms with Crippen molar-refractivity contribution in [2.75, 3.05) is 29.0 Å². The zero-order chi connectivity index (χ0) is 14.7. The topological polar surface area (TPSA) is 93.8 Å². The zero-order valence-corrected chi connectivity index (χ0v) is 11.8. The molecule has 1 saturated heterocycles. The Hall–Kier alpha value is -2.68. The molecule has 1 aliphatic rings. The van der Waals surface area contributed by atoms with Gasteiger partial charge in [-0.15, -0.1) is 0 Å². The van der Waals surface area contributed by atoms with E-state index in [2.05, 4.69) is 32.5 Å². The Labute approximate surface area is 123 Å². The Bertz CT molecular complexity index is 663. The monoisotopic (exact) mass is 282 g/mol. The number of nitrogen functional groups attached to an aromatic ring is 1. The SMILES string of the molecule is N#Cc1c(Nc2ccccc2N2CCCCC2)n[nH]c1N. The highest BCUT2D eigenvalue weighted by Gasteiger charge is 2.16. The molecular weight excluding hydrogens is 264 g/mol. The number of hydrogen-bond acceptors (Lipinski definition) is 5. The van der Waals surface area contributed by atoms with Crippen molar-refractivity contribution in [3.8, 4) is 6.07 Å². The standard InChI is InChI=1S/C15H18N6/c16-10-11-14(17)19-20-15(11)18-12-6-2-3-7-13(12)21-8-4-1-5-9-21/h2-3,6-7H,1,4-5,8-9H2,(H4,17,18,19,20). The van der Waals surface area contributed by atoms with Gasteiger partial charge in [0.1, 0.15) is 17.5 Å². The van der Waals surface area contributed by atoms with E-state index < -0.39 is 0 Å². The van der Waals surface area contributed by atoms with Gasteiger partial charge in [-0.25, -0.2) is 0 Å². The number of hydrogen-bond donors (Lipinski definition) is 3. The minimum atomic E-state index is 0.287. The van der Waals surface area contributed by atoms with Crippen LogP contribution in [0.4, 0.5) is 23.0 Å². The second-order valence-electron chi connectivity index (χ2n) is 5.16. The predicted octanol–water partition coefficient (Wildman–Crippen LogP) is 2.60. The van der Waals surface area contributed by atoms with Gasteiger partial charge in [0.25, 0.3) is 0 Å². The summed E-state index contributed by atoms with van der Waals surface area (Å²) in [7, 11) is 0. The summed E-state index contributed by atoms with van der Waals surface area (Å²) in [6.45, 7) is 2.12. The number of piperidine rings is 1. The van der Waals surface area contributed by atoms with Crippen molar-refractivity contribution in [3.63, 3.8) is 0 Å². The van der Waals surface area contributed by atoms with Crippen LogP contribution < -0.4 is 16.0 Å².